The summed E-state index contributed by atoms with van der Waals surface area (Å²) in [7, 11) is -3.87. The van der Waals surface area contributed by atoms with E-state index in [-0.39, 0.29) is 34.6 Å². The largest absolute Gasteiger partial charge is 0.339 e. The normalized spacial score (nSPS) is 21.7. The maximum absolute atomic E-state index is 13.7. The molecule has 0 N–H and O–H groups in total. The van der Waals surface area contributed by atoms with E-state index in [1.807, 2.05) is 18.2 Å². The molecular weight excluding hydrogens is 522 g/mol. The molecule has 2 atom stereocenters. The van der Waals surface area contributed by atoms with Crippen molar-refractivity contribution in [2.75, 3.05) is 39.3 Å². The quantitative estimate of drug-likeness (QED) is 0.463. The summed E-state index contributed by atoms with van der Waals surface area (Å²) < 4.78 is 30.3. The number of piperazine rings is 1. The summed E-state index contributed by atoms with van der Waals surface area (Å²) in [6.07, 6.45) is 2.35. The Kier molecular flexibility index (Phi) is 7.72. The Labute approximate surface area is 227 Å². The number of amides is 1. The molecular formula is C27H35N5O4S2. The molecule has 0 bridgehead atoms. The third-order valence-electron chi connectivity index (χ3n) is 7.51. The van der Waals surface area contributed by atoms with Crippen LogP contribution < -0.4 is 5.56 Å². The average molecular weight is 558 g/mol. The number of hydrogen-bond acceptors (Lipinski definition) is 7. The average Bonchev–Trinajstić information content (AvgIpc) is 3.23. The minimum Gasteiger partial charge on any atom is -0.339 e. The van der Waals surface area contributed by atoms with E-state index in [2.05, 4.69) is 35.9 Å². The zero-order valence-corrected chi connectivity index (χ0v) is 23.8. The van der Waals surface area contributed by atoms with Crippen LogP contribution in [0.3, 0.4) is 0 Å². The number of aryl methyl sites for hydroxylation is 1. The second-order valence-electron chi connectivity index (χ2n) is 10.8. The third-order valence-corrected chi connectivity index (χ3v) is 10.7. The summed E-state index contributed by atoms with van der Waals surface area (Å²) in [4.78, 5) is 36.1. The Morgan fingerprint density at radius 1 is 1.05 bits per heavy atom. The maximum Gasteiger partial charge on any atom is 0.263 e. The number of aromatic nitrogens is 2. The number of piperidine rings is 1. The lowest BCUT2D eigenvalue weighted by Gasteiger charge is -2.35. The van der Waals surface area contributed by atoms with Gasteiger partial charge in [0.2, 0.25) is 15.9 Å². The van der Waals surface area contributed by atoms with Gasteiger partial charge in [0.1, 0.15) is 16.3 Å². The highest BCUT2D eigenvalue weighted by atomic mass is 32.2. The topological polar surface area (TPSA) is 95.8 Å². The fraction of sp³-hybridized carbons (Fsp3) is 0.519. The van der Waals surface area contributed by atoms with Gasteiger partial charge in [-0.2, -0.15) is 4.31 Å². The molecule has 2 saturated heterocycles. The second kappa shape index (κ2) is 10.9. The molecule has 9 nitrogen and oxygen atoms in total. The molecule has 2 aromatic heterocycles. The Morgan fingerprint density at radius 3 is 2.37 bits per heavy atom. The zero-order chi connectivity index (χ0) is 27.0. The van der Waals surface area contributed by atoms with Crippen molar-refractivity contribution in [2.45, 2.75) is 45.2 Å². The van der Waals surface area contributed by atoms with Crippen molar-refractivity contribution in [2.24, 2.45) is 11.8 Å². The first-order chi connectivity index (χ1) is 18.1. The summed E-state index contributed by atoms with van der Waals surface area (Å²) in [5, 5.41) is 0.0985. The zero-order valence-electron chi connectivity index (χ0n) is 22.2. The Balaban J connectivity index is 1.34. The van der Waals surface area contributed by atoms with Gasteiger partial charge in [-0.3, -0.25) is 19.1 Å². The number of nitrogens with zero attached hydrogens (tertiary/aromatic N) is 5. The molecule has 0 saturated carbocycles. The van der Waals surface area contributed by atoms with E-state index in [1.165, 1.54) is 32.1 Å². The van der Waals surface area contributed by atoms with E-state index in [0.29, 0.717) is 35.9 Å². The molecule has 1 amide bonds. The predicted molar refractivity (Wildman–Crippen MR) is 149 cm³/mol. The van der Waals surface area contributed by atoms with Crippen LogP contribution in [0.2, 0.25) is 0 Å². The van der Waals surface area contributed by atoms with Crippen molar-refractivity contribution in [3.8, 4) is 0 Å². The van der Waals surface area contributed by atoms with Gasteiger partial charge in [-0.25, -0.2) is 13.4 Å². The highest BCUT2D eigenvalue weighted by Gasteiger charge is 2.36. The molecule has 0 spiro atoms. The van der Waals surface area contributed by atoms with Crippen LogP contribution in [0.5, 0.6) is 0 Å². The monoisotopic (exact) mass is 557 g/mol. The third kappa shape index (κ3) is 5.42. The van der Waals surface area contributed by atoms with Crippen LogP contribution in [0.4, 0.5) is 0 Å². The standard InChI is InChI=1S/C27H35N5O4S2/c1-19-13-20(2)15-32(14-19)38(35,36)25-21(3)37-26-24(25)27(34)31(18-28-26)17-23(33)30-11-9-29(10-12-30)16-22-7-5-4-6-8-22/h4-8,18-20H,9-17H2,1-3H3/t19-,20-/m1/s1. The smallest absolute Gasteiger partial charge is 0.263 e. The Morgan fingerprint density at radius 2 is 1.71 bits per heavy atom. The van der Waals surface area contributed by atoms with Gasteiger partial charge in [-0.1, -0.05) is 44.2 Å². The summed E-state index contributed by atoms with van der Waals surface area (Å²) >= 11 is 1.21. The van der Waals surface area contributed by atoms with Crippen molar-refractivity contribution >= 4 is 37.5 Å². The fourth-order valence-electron chi connectivity index (χ4n) is 5.71. The van der Waals surface area contributed by atoms with Crippen LogP contribution in [0.1, 0.15) is 30.7 Å². The van der Waals surface area contributed by atoms with Gasteiger partial charge in [0.15, 0.2) is 0 Å². The van der Waals surface area contributed by atoms with Crippen LogP contribution in [0.15, 0.2) is 46.3 Å². The van der Waals surface area contributed by atoms with E-state index >= 15 is 0 Å². The molecule has 11 heteroatoms. The van der Waals surface area contributed by atoms with Crippen molar-refractivity contribution in [3.63, 3.8) is 0 Å². The van der Waals surface area contributed by atoms with Gasteiger partial charge < -0.3 is 4.90 Å². The maximum atomic E-state index is 13.7. The van der Waals surface area contributed by atoms with Gasteiger partial charge in [-0.15, -0.1) is 11.3 Å². The number of sulfonamides is 1. The molecule has 4 heterocycles. The van der Waals surface area contributed by atoms with Gasteiger partial charge >= 0.3 is 0 Å². The molecule has 0 aliphatic carbocycles. The number of carbonyl (C=O) groups excluding carboxylic acids is 1. The molecule has 1 aromatic carbocycles. The minimum absolute atomic E-state index is 0.0487. The Hall–Kier alpha value is -2.60. The number of hydrogen-bond donors (Lipinski definition) is 0. The first kappa shape index (κ1) is 27.0. The number of carbonyl (C=O) groups is 1. The molecule has 5 rings (SSSR count). The minimum atomic E-state index is -3.87. The molecule has 0 unspecified atom stereocenters. The van der Waals surface area contributed by atoms with Crippen LogP contribution in [0.25, 0.3) is 10.2 Å². The molecule has 2 aliphatic rings. The SMILES string of the molecule is Cc1sc2ncn(CC(=O)N3CCN(Cc4ccccc4)CC3)c(=O)c2c1S(=O)(=O)N1C[C@H](C)C[C@@H](C)C1. The van der Waals surface area contributed by atoms with Crippen molar-refractivity contribution in [1.29, 1.82) is 0 Å². The van der Waals surface area contributed by atoms with Crippen LogP contribution >= 0.6 is 11.3 Å². The van der Waals surface area contributed by atoms with E-state index < -0.39 is 15.6 Å². The number of fused-ring (bicyclic) bond motifs is 1. The predicted octanol–water partition coefficient (Wildman–Crippen LogP) is 2.78. The summed E-state index contributed by atoms with van der Waals surface area (Å²) in [5.41, 5.74) is 0.760. The lowest BCUT2D eigenvalue weighted by atomic mass is 9.94. The molecule has 2 fully saturated rings. The van der Waals surface area contributed by atoms with Crippen LogP contribution in [-0.4, -0.2) is 77.2 Å². The molecule has 2 aliphatic heterocycles. The van der Waals surface area contributed by atoms with Crippen molar-refractivity contribution < 1.29 is 13.2 Å². The van der Waals surface area contributed by atoms with E-state index in [9.17, 15) is 18.0 Å². The van der Waals surface area contributed by atoms with Crippen molar-refractivity contribution in [3.05, 3.63) is 57.5 Å². The van der Waals surface area contributed by atoms with E-state index in [0.717, 1.165) is 26.1 Å². The highest BCUT2D eigenvalue weighted by molar-refractivity contribution is 7.89. The van der Waals surface area contributed by atoms with Gasteiger partial charge in [0.25, 0.3) is 5.56 Å². The van der Waals surface area contributed by atoms with Crippen molar-refractivity contribution in [1.82, 2.24) is 23.7 Å². The summed E-state index contributed by atoms with van der Waals surface area (Å²) in [6.45, 7) is 10.1. The van der Waals surface area contributed by atoms with E-state index in [1.54, 1.807) is 11.8 Å². The lowest BCUT2D eigenvalue weighted by Crippen LogP contribution is -2.49. The van der Waals surface area contributed by atoms with Gasteiger partial charge in [0.05, 0.1) is 11.7 Å². The van der Waals surface area contributed by atoms with E-state index in [4.69, 9.17) is 0 Å². The van der Waals surface area contributed by atoms with Crippen LogP contribution in [-0.2, 0) is 27.9 Å². The molecule has 38 heavy (non-hydrogen) atoms. The van der Waals surface area contributed by atoms with Gasteiger partial charge in [0, 0.05) is 50.7 Å². The number of rotatable bonds is 6. The van der Waals surface area contributed by atoms with Crippen LogP contribution in [0, 0.1) is 18.8 Å². The second-order valence-corrected chi connectivity index (χ2v) is 13.8. The molecule has 204 valence electrons. The number of thiophene rings is 1. The van der Waals surface area contributed by atoms with Gasteiger partial charge in [-0.05, 0) is 30.7 Å². The summed E-state index contributed by atoms with van der Waals surface area (Å²) in [6, 6.07) is 10.2. The molecule has 3 aromatic rings. The first-order valence-corrected chi connectivity index (χ1v) is 15.4. The number of benzene rings is 1. The Bertz CT molecular complexity index is 1470. The fourth-order valence-corrected chi connectivity index (χ4v) is 9.06. The summed E-state index contributed by atoms with van der Waals surface area (Å²) in [5.74, 6) is 0.334. The lowest BCUT2D eigenvalue weighted by molar-refractivity contribution is -0.133. The highest BCUT2D eigenvalue weighted by Crippen LogP contribution is 2.35. The molecule has 0 radical (unpaired) electrons. The first-order valence-electron chi connectivity index (χ1n) is 13.2.